The zero-order chi connectivity index (χ0) is 14.1. The lowest BCUT2D eigenvalue weighted by Crippen LogP contribution is -2.37. The molecule has 0 fully saturated rings. The summed E-state index contributed by atoms with van der Waals surface area (Å²) in [4.78, 5) is 30.2. The van der Waals surface area contributed by atoms with E-state index in [1.807, 2.05) is 25.1 Å². The van der Waals surface area contributed by atoms with E-state index in [-0.39, 0.29) is 11.7 Å². The van der Waals surface area contributed by atoms with Crippen molar-refractivity contribution in [2.75, 3.05) is 11.4 Å². The largest absolute Gasteiger partial charge is 0.307 e. The average Bonchev–Trinajstić information content (AvgIpc) is 2.48. The van der Waals surface area contributed by atoms with Crippen molar-refractivity contribution in [1.29, 1.82) is 0 Å². The molecule has 2 aromatic rings. The van der Waals surface area contributed by atoms with Crippen LogP contribution in [0.2, 0.25) is 0 Å². The number of carbonyl (C=O) groups excluding carboxylic acids is 2. The van der Waals surface area contributed by atoms with Gasteiger partial charge in [0.25, 0.3) is 5.91 Å². The van der Waals surface area contributed by atoms with Gasteiger partial charge in [0.1, 0.15) is 0 Å². The third-order valence-corrected chi connectivity index (χ3v) is 3.46. The molecular formula is C16H14N2O2. The highest BCUT2D eigenvalue weighted by atomic mass is 16.2. The van der Waals surface area contributed by atoms with Crippen molar-refractivity contribution in [3.05, 3.63) is 59.4 Å². The summed E-state index contributed by atoms with van der Waals surface area (Å²) in [6, 6.07) is 9.08. The van der Waals surface area contributed by atoms with E-state index in [2.05, 4.69) is 4.98 Å². The van der Waals surface area contributed by atoms with E-state index < -0.39 is 0 Å². The van der Waals surface area contributed by atoms with E-state index in [1.54, 1.807) is 29.4 Å². The topological polar surface area (TPSA) is 50.3 Å². The fourth-order valence-corrected chi connectivity index (χ4v) is 2.43. The van der Waals surface area contributed by atoms with Crippen LogP contribution in [0.3, 0.4) is 0 Å². The highest BCUT2D eigenvalue weighted by Crippen LogP contribution is 2.29. The molecule has 0 spiro atoms. The quantitative estimate of drug-likeness (QED) is 0.797. The maximum absolute atomic E-state index is 12.5. The Morgan fingerprint density at radius 3 is 2.90 bits per heavy atom. The van der Waals surface area contributed by atoms with Crippen LogP contribution in [0.5, 0.6) is 0 Å². The number of aromatic nitrogens is 1. The van der Waals surface area contributed by atoms with Gasteiger partial charge < -0.3 is 4.90 Å². The molecule has 0 aliphatic carbocycles. The van der Waals surface area contributed by atoms with Gasteiger partial charge in [-0.3, -0.25) is 14.6 Å². The minimum absolute atomic E-state index is 0.0962. The number of ketones is 1. The summed E-state index contributed by atoms with van der Waals surface area (Å²) >= 11 is 0. The minimum Gasteiger partial charge on any atom is -0.307 e. The predicted octanol–water partition coefficient (Wildman–Crippen LogP) is 2.62. The average molecular weight is 266 g/mol. The van der Waals surface area contributed by atoms with Gasteiger partial charge in [-0.05, 0) is 31.2 Å². The van der Waals surface area contributed by atoms with Crippen molar-refractivity contribution in [3.8, 4) is 0 Å². The van der Waals surface area contributed by atoms with Crippen molar-refractivity contribution in [2.45, 2.75) is 13.3 Å². The molecule has 3 rings (SSSR count). The van der Waals surface area contributed by atoms with Gasteiger partial charge in [-0.15, -0.1) is 0 Å². The van der Waals surface area contributed by atoms with Crippen LogP contribution in [0.1, 0.15) is 32.7 Å². The molecule has 0 saturated heterocycles. The number of carbonyl (C=O) groups is 2. The Kier molecular flexibility index (Phi) is 3.06. The molecule has 4 nitrogen and oxygen atoms in total. The van der Waals surface area contributed by atoms with Gasteiger partial charge in [-0.2, -0.15) is 0 Å². The van der Waals surface area contributed by atoms with Gasteiger partial charge >= 0.3 is 0 Å². The maximum Gasteiger partial charge on any atom is 0.259 e. The van der Waals surface area contributed by atoms with Crippen LogP contribution in [0.4, 0.5) is 5.69 Å². The maximum atomic E-state index is 12.5. The molecule has 1 aromatic heterocycles. The highest BCUT2D eigenvalue weighted by Gasteiger charge is 2.27. The third-order valence-electron chi connectivity index (χ3n) is 3.46. The first-order valence-electron chi connectivity index (χ1n) is 6.52. The fraction of sp³-hybridized carbons (Fsp3) is 0.188. The predicted molar refractivity (Wildman–Crippen MR) is 76.0 cm³/mol. The number of amides is 1. The number of pyridine rings is 1. The molecule has 4 heteroatoms. The lowest BCUT2D eigenvalue weighted by Gasteiger charge is -2.29. The Labute approximate surface area is 117 Å². The molecule has 20 heavy (non-hydrogen) atoms. The monoisotopic (exact) mass is 266 g/mol. The Morgan fingerprint density at radius 2 is 2.15 bits per heavy atom. The van der Waals surface area contributed by atoms with Crippen LogP contribution in [0, 0.1) is 6.92 Å². The normalized spacial score (nSPS) is 14.1. The van der Waals surface area contributed by atoms with Crippen LogP contribution in [0.15, 0.2) is 42.7 Å². The van der Waals surface area contributed by atoms with E-state index in [0.29, 0.717) is 29.8 Å². The van der Waals surface area contributed by atoms with Gasteiger partial charge in [-0.25, -0.2) is 0 Å². The Morgan fingerprint density at radius 1 is 1.30 bits per heavy atom. The lowest BCUT2D eigenvalue weighted by atomic mass is 9.98. The fourth-order valence-electron chi connectivity index (χ4n) is 2.43. The number of benzene rings is 1. The van der Waals surface area contributed by atoms with Gasteiger partial charge in [0.15, 0.2) is 5.78 Å². The molecule has 2 heterocycles. The second kappa shape index (κ2) is 4.89. The first-order valence-corrected chi connectivity index (χ1v) is 6.52. The van der Waals surface area contributed by atoms with Crippen LogP contribution < -0.4 is 4.90 Å². The standard InChI is InChI=1S/C16H14N2O2/c1-11-4-5-14-13(9-11)15(19)6-8-18(14)16(20)12-3-2-7-17-10-12/h2-5,7,9-10H,6,8H2,1H3. The summed E-state index contributed by atoms with van der Waals surface area (Å²) in [5.41, 5.74) is 2.88. The molecule has 1 amide bonds. The number of anilines is 1. The first-order chi connectivity index (χ1) is 9.66. The van der Waals surface area contributed by atoms with Gasteiger partial charge in [0, 0.05) is 30.9 Å². The van der Waals surface area contributed by atoms with Crippen molar-refractivity contribution in [1.82, 2.24) is 4.98 Å². The van der Waals surface area contributed by atoms with Gasteiger partial charge in [-0.1, -0.05) is 11.6 Å². The summed E-state index contributed by atoms with van der Waals surface area (Å²) in [5, 5.41) is 0. The number of rotatable bonds is 1. The number of fused-ring (bicyclic) bond motifs is 1. The van der Waals surface area contributed by atoms with E-state index in [0.717, 1.165) is 5.56 Å². The zero-order valence-electron chi connectivity index (χ0n) is 11.2. The molecule has 1 aromatic carbocycles. The summed E-state index contributed by atoms with van der Waals surface area (Å²) < 4.78 is 0. The van der Waals surface area contributed by atoms with E-state index in [9.17, 15) is 9.59 Å². The second-order valence-corrected chi connectivity index (χ2v) is 4.89. The number of aryl methyl sites for hydroxylation is 1. The first kappa shape index (κ1) is 12.5. The van der Waals surface area contributed by atoms with E-state index in [4.69, 9.17) is 0 Å². The van der Waals surface area contributed by atoms with Crippen molar-refractivity contribution < 1.29 is 9.59 Å². The molecule has 0 N–H and O–H groups in total. The summed E-state index contributed by atoms with van der Waals surface area (Å²) in [6.45, 7) is 2.36. The van der Waals surface area contributed by atoms with E-state index >= 15 is 0 Å². The Hall–Kier alpha value is -2.49. The molecule has 0 bridgehead atoms. The SMILES string of the molecule is Cc1ccc2c(c1)C(=O)CCN2C(=O)c1cccnc1. The van der Waals surface area contributed by atoms with Gasteiger partial charge in [0.05, 0.1) is 11.3 Å². The number of hydrogen-bond acceptors (Lipinski definition) is 3. The molecule has 1 aliphatic heterocycles. The molecule has 100 valence electrons. The molecule has 1 aliphatic rings. The van der Waals surface area contributed by atoms with Crippen LogP contribution in [-0.2, 0) is 0 Å². The van der Waals surface area contributed by atoms with Crippen molar-refractivity contribution in [3.63, 3.8) is 0 Å². The van der Waals surface area contributed by atoms with Crippen LogP contribution in [0.25, 0.3) is 0 Å². The second-order valence-electron chi connectivity index (χ2n) is 4.89. The van der Waals surface area contributed by atoms with E-state index in [1.165, 1.54) is 0 Å². The lowest BCUT2D eigenvalue weighted by molar-refractivity contribution is 0.0955. The molecule has 0 atom stereocenters. The summed E-state index contributed by atoms with van der Waals surface area (Å²) in [6.07, 6.45) is 3.54. The minimum atomic E-state index is -0.115. The Balaban J connectivity index is 2.03. The van der Waals surface area contributed by atoms with Crippen molar-refractivity contribution >= 4 is 17.4 Å². The third kappa shape index (κ3) is 2.09. The summed E-state index contributed by atoms with van der Waals surface area (Å²) in [7, 11) is 0. The Bertz CT molecular complexity index is 680. The highest BCUT2D eigenvalue weighted by molar-refractivity contribution is 6.13. The molecular weight excluding hydrogens is 252 g/mol. The zero-order valence-corrected chi connectivity index (χ0v) is 11.2. The van der Waals surface area contributed by atoms with Gasteiger partial charge in [0.2, 0.25) is 0 Å². The summed E-state index contributed by atoms with van der Waals surface area (Å²) in [5.74, 6) is -0.0189. The molecule has 0 saturated carbocycles. The number of Topliss-reactive ketones (excluding diaryl/α,β-unsaturated/α-hetero) is 1. The molecule has 0 unspecified atom stereocenters. The number of hydrogen-bond donors (Lipinski definition) is 0. The number of nitrogens with zero attached hydrogens (tertiary/aromatic N) is 2. The van der Waals surface area contributed by atoms with Crippen LogP contribution >= 0.6 is 0 Å². The molecule has 0 radical (unpaired) electrons. The van der Waals surface area contributed by atoms with Crippen LogP contribution in [-0.4, -0.2) is 23.2 Å². The van der Waals surface area contributed by atoms with Crippen molar-refractivity contribution in [2.24, 2.45) is 0 Å². The smallest absolute Gasteiger partial charge is 0.259 e.